The highest BCUT2D eigenvalue weighted by Gasteiger charge is 2.28. The number of aromatic nitrogens is 1. The van der Waals surface area contributed by atoms with Gasteiger partial charge >= 0.3 is 0 Å². The van der Waals surface area contributed by atoms with Crippen LogP contribution < -0.4 is 20.7 Å². The van der Waals surface area contributed by atoms with Crippen LogP contribution in [0.25, 0.3) is 0 Å². The SMILES string of the molecule is COC[C@H](C)NCc1cccc(C2Cc3nccc(Oc4ccc(NC(=S)NC(=O)Cc5ccc(F)cc5)cc4F)c3S2)c1. The quantitative estimate of drug-likeness (QED) is 0.157. The number of rotatable bonds is 11. The van der Waals surface area contributed by atoms with Crippen molar-refractivity contribution in [2.24, 2.45) is 0 Å². The number of thiocarbonyl (C=S) groups is 1. The number of hydrogen-bond donors (Lipinski definition) is 3. The van der Waals surface area contributed by atoms with Crippen molar-refractivity contribution < 1.29 is 23.0 Å². The van der Waals surface area contributed by atoms with E-state index in [2.05, 4.69) is 52.1 Å². The fraction of sp³-hybridized carbons (Fsp3) is 0.242. The summed E-state index contributed by atoms with van der Waals surface area (Å²) in [6.45, 7) is 3.48. The zero-order chi connectivity index (χ0) is 31.1. The van der Waals surface area contributed by atoms with Crippen molar-refractivity contribution >= 4 is 40.7 Å². The van der Waals surface area contributed by atoms with Crippen LogP contribution in [0.1, 0.15) is 34.6 Å². The summed E-state index contributed by atoms with van der Waals surface area (Å²) >= 11 is 6.87. The van der Waals surface area contributed by atoms with Gasteiger partial charge in [0.05, 0.1) is 23.6 Å². The van der Waals surface area contributed by atoms with E-state index in [9.17, 15) is 9.18 Å². The van der Waals surface area contributed by atoms with Crippen LogP contribution in [0.3, 0.4) is 0 Å². The van der Waals surface area contributed by atoms with Crippen LogP contribution in [0.4, 0.5) is 14.5 Å². The lowest BCUT2D eigenvalue weighted by Gasteiger charge is -2.15. The van der Waals surface area contributed by atoms with Gasteiger partial charge in [0.2, 0.25) is 5.91 Å². The Hall–Kier alpha value is -3.90. The summed E-state index contributed by atoms with van der Waals surface area (Å²) in [5, 5.41) is 9.01. The lowest BCUT2D eigenvalue weighted by molar-refractivity contribution is -0.119. The molecule has 3 aromatic carbocycles. The molecule has 0 bridgehead atoms. The summed E-state index contributed by atoms with van der Waals surface area (Å²) in [5.74, 6) is -0.759. The Bertz CT molecular complexity index is 1640. The third kappa shape index (κ3) is 8.38. The number of fused-ring (bicyclic) bond motifs is 1. The van der Waals surface area contributed by atoms with Gasteiger partial charge in [0.15, 0.2) is 16.7 Å². The molecular weight excluding hydrogens is 603 g/mol. The second-order valence-corrected chi connectivity index (χ2v) is 12.1. The normalized spacial score (nSPS) is 14.5. The lowest BCUT2D eigenvalue weighted by atomic mass is 10.0. The molecule has 7 nitrogen and oxygen atoms in total. The summed E-state index contributed by atoms with van der Waals surface area (Å²) in [6, 6.07) is 20.5. The van der Waals surface area contributed by atoms with E-state index in [1.165, 1.54) is 47.5 Å². The Kier molecular flexibility index (Phi) is 10.5. The maximum atomic E-state index is 15.1. The van der Waals surface area contributed by atoms with Crippen molar-refractivity contribution in [3.63, 3.8) is 0 Å². The number of halogens is 2. The Morgan fingerprint density at radius 1 is 1.07 bits per heavy atom. The van der Waals surface area contributed by atoms with Gasteiger partial charge in [-0.3, -0.25) is 9.78 Å². The van der Waals surface area contributed by atoms with Crippen LogP contribution in [-0.4, -0.2) is 35.8 Å². The summed E-state index contributed by atoms with van der Waals surface area (Å²) in [7, 11) is 1.70. The zero-order valence-corrected chi connectivity index (χ0v) is 25.9. The summed E-state index contributed by atoms with van der Waals surface area (Å²) in [6.07, 6.45) is 2.44. The van der Waals surface area contributed by atoms with E-state index >= 15 is 4.39 Å². The van der Waals surface area contributed by atoms with Gasteiger partial charge in [-0.1, -0.05) is 36.4 Å². The number of nitrogens with one attached hydrogen (secondary N) is 3. The molecular formula is C33H32F2N4O3S2. The molecule has 0 saturated heterocycles. The van der Waals surface area contributed by atoms with Gasteiger partial charge in [-0.25, -0.2) is 8.78 Å². The van der Waals surface area contributed by atoms with Gasteiger partial charge in [0.1, 0.15) is 11.6 Å². The van der Waals surface area contributed by atoms with Crippen LogP contribution in [0.2, 0.25) is 0 Å². The van der Waals surface area contributed by atoms with Crippen LogP contribution in [0.5, 0.6) is 11.5 Å². The van der Waals surface area contributed by atoms with E-state index in [0.717, 1.165) is 23.6 Å². The third-order valence-corrected chi connectivity index (χ3v) is 8.52. The molecule has 1 unspecified atom stereocenters. The van der Waals surface area contributed by atoms with Crippen molar-refractivity contribution in [3.05, 3.63) is 113 Å². The van der Waals surface area contributed by atoms with Gasteiger partial charge in [-0.05, 0) is 60.1 Å². The number of benzene rings is 3. The number of ether oxygens (including phenoxy) is 2. The molecule has 0 saturated carbocycles. The molecule has 1 aromatic heterocycles. The largest absolute Gasteiger partial charge is 0.453 e. The first-order chi connectivity index (χ1) is 21.3. The number of anilines is 1. The maximum Gasteiger partial charge on any atom is 0.230 e. The Balaban J connectivity index is 1.19. The second-order valence-electron chi connectivity index (χ2n) is 10.4. The minimum atomic E-state index is -0.594. The smallest absolute Gasteiger partial charge is 0.230 e. The first-order valence-corrected chi connectivity index (χ1v) is 15.3. The standard InChI is InChI=1S/C33H32F2N4O3S2/c1-20(19-41-2)37-18-22-4-3-5-23(14-22)30-17-27-32(44-30)29(12-13-36-27)42-28-11-10-25(16-26(28)35)38-33(43)39-31(40)15-21-6-8-24(34)9-7-21/h3-14,16,20,30,37H,15,17-19H2,1-2H3,(H2,38,39,40,43)/t20-,30?/m0/s1. The molecule has 2 heterocycles. The first-order valence-electron chi connectivity index (χ1n) is 14.1. The second kappa shape index (κ2) is 14.7. The molecule has 0 fully saturated rings. The van der Waals surface area contributed by atoms with E-state index in [1.807, 2.05) is 0 Å². The number of amides is 1. The van der Waals surface area contributed by atoms with Gasteiger partial charge < -0.3 is 25.4 Å². The number of pyridine rings is 1. The van der Waals surface area contributed by atoms with Gasteiger partial charge in [0, 0.05) is 55.4 Å². The number of methoxy groups -OCH3 is 1. The molecule has 5 rings (SSSR count). The highest BCUT2D eigenvalue weighted by Crippen LogP contribution is 2.50. The van der Waals surface area contributed by atoms with E-state index in [4.69, 9.17) is 21.7 Å². The Morgan fingerprint density at radius 3 is 2.66 bits per heavy atom. The fourth-order valence-corrected chi connectivity index (χ4v) is 6.31. The Labute approximate surface area is 264 Å². The fourth-order valence-electron chi connectivity index (χ4n) is 4.77. The molecule has 1 aliphatic rings. The molecule has 44 heavy (non-hydrogen) atoms. The molecule has 0 aliphatic carbocycles. The molecule has 228 valence electrons. The number of carbonyl (C=O) groups is 1. The highest BCUT2D eigenvalue weighted by atomic mass is 32.2. The topological polar surface area (TPSA) is 84.5 Å². The molecule has 0 spiro atoms. The van der Waals surface area contributed by atoms with Crippen molar-refractivity contribution in [2.45, 2.75) is 42.5 Å². The first kappa shape index (κ1) is 31.5. The van der Waals surface area contributed by atoms with E-state index in [0.29, 0.717) is 23.6 Å². The average Bonchev–Trinajstić information content (AvgIpc) is 3.44. The summed E-state index contributed by atoms with van der Waals surface area (Å²) in [5.41, 5.74) is 4.28. The summed E-state index contributed by atoms with van der Waals surface area (Å²) < 4.78 is 39.5. The van der Waals surface area contributed by atoms with Crippen molar-refractivity contribution in [1.29, 1.82) is 0 Å². The minimum Gasteiger partial charge on any atom is -0.453 e. The summed E-state index contributed by atoms with van der Waals surface area (Å²) in [4.78, 5) is 17.7. The van der Waals surface area contributed by atoms with Gasteiger partial charge in [-0.15, -0.1) is 11.8 Å². The van der Waals surface area contributed by atoms with Crippen molar-refractivity contribution in [3.8, 4) is 11.5 Å². The predicted octanol–water partition coefficient (Wildman–Crippen LogP) is 6.72. The maximum absolute atomic E-state index is 15.1. The van der Waals surface area contributed by atoms with Crippen molar-refractivity contribution in [1.82, 2.24) is 15.6 Å². The van der Waals surface area contributed by atoms with E-state index in [-0.39, 0.29) is 40.3 Å². The number of carbonyl (C=O) groups excluding carboxylic acids is 1. The molecule has 2 atom stereocenters. The van der Waals surface area contributed by atoms with Crippen molar-refractivity contribution in [2.75, 3.05) is 19.0 Å². The van der Waals surface area contributed by atoms with E-state index in [1.54, 1.807) is 37.2 Å². The average molecular weight is 635 g/mol. The van der Waals surface area contributed by atoms with Crippen LogP contribution in [-0.2, 0) is 28.9 Å². The molecule has 3 N–H and O–H groups in total. The van der Waals surface area contributed by atoms with Gasteiger partial charge in [0.25, 0.3) is 0 Å². The van der Waals surface area contributed by atoms with Crippen LogP contribution >= 0.6 is 24.0 Å². The molecule has 1 amide bonds. The molecule has 0 radical (unpaired) electrons. The zero-order valence-electron chi connectivity index (χ0n) is 24.2. The molecule has 1 aliphatic heterocycles. The molecule has 4 aromatic rings. The highest BCUT2D eigenvalue weighted by molar-refractivity contribution is 8.00. The lowest BCUT2D eigenvalue weighted by Crippen LogP contribution is -2.35. The monoisotopic (exact) mass is 634 g/mol. The van der Waals surface area contributed by atoms with E-state index < -0.39 is 5.82 Å². The number of nitrogens with zero attached hydrogens (tertiary/aromatic N) is 1. The Morgan fingerprint density at radius 2 is 1.89 bits per heavy atom. The number of thioether (sulfide) groups is 1. The third-order valence-electron chi connectivity index (χ3n) is 6.92. The van der Waals surface area contributed by atoms with Crippen LogP contribution in [0.15, 0.2) is 83.9 Å². The minimum absolute atomic E-state index is 0.0175. The number of hydrogen-bond acceptors (Lipinski definition) is 7. The predicted molar refractivity (Wildman–Crippen MR) is 172 cm³/mol. The molecule has 11 heteroatoms. The van der Waals surface area contributed by atoms with Crippen LogP contribution in [0, 0.1) is 11.6 Å². The van der Waals surface area contributed by atoms with Gasteiger partial charge in [-0.2, -0.15) is 0 Å².